The first-order valence-corrected chi connectivity index (χ1v) is 7.54. The summed E-state index contributed by atoms with van der Waals surface area (Å²) in [4.78, 5) is 26.2. The van der Waals surface area contributed by atoms with Crippen molar-refractivity contribution in [3.05, 3.63) is 0 Å². The van der Waals surface area contributed by atoms with Gasteiger partial charge in [0.1, 0.15) is 6.04 Å². The van der Waals surface area contributed by atoms with Gasteiger partial charge in [0.2, 0.25) is 11.8 Å². The largest absolute Gasteiger partial charge is 0.392 e. The van der Waals surface area contributed by atoms with Crippen LogP contribution in [0.4, 0.5) is 0 Å². The van der Waals surface area contributed by atoms with Crippen molar-refractivity contribution in [1.29, 1.82) is 0 Å². The predicted molar refractivity (Wildman–Crippen MR) is 83.2 cm³/mol. The minimum atomic E-state index is -0.785. The molecule has 5 nitrogen and oxygen atoms in total. The number of nitrogens with zero attached hydrogens (tertiary/aromatic N) is 1. The Morgan fingerprint density at radius 3 is 2.10 bits per heavy atom. The van der Waals surface area contributed by atoms with E-state index in [-0.39, 0.29) is 16.8 Å². The summed E-state index contributed by atoms with van der Waals surface area (Å²) in [7, 11) is 3.33. The maximum absolute atomic E-state index is 12.6. The molecule has 6 heteroatoms. The summed E-state index contributed by atoms with van der Waals surface area (Å²) in [6.45, 7) is 1.68. The SMILES string of the molecule is CC(NC(=O)C1(C(N)=S)CCCCCC1)C(=O)N(C)C. The molecule has 1 rings (SSSR count). The first-order chi connectivity index (χ1) is 9.31. The molecule has 0 aromatic rings. The van der Waals surface area contributed by atoms with Gasteiger partial charge in [-0.3, -0.25) is 9.59 Å². The second-order valence-electron chi connectivity index (χ2n) is 5.79. The Morgan fingerprint density at radius 1 is 1.20 bits per heavy atom. The summed E-state index contributed by atoms with van der Waals surface area (Å²) >= 11 is 5.16. The van der Waals surface area contributed by atoms with Crippen LogP contribution < -0.4 is 11.1 Å². The fourth-order valence-electron chi connectivity index (χ4n) is 2.70. The summed E-state index contributed by atoms with van der Waals surface area (Å²) in [6, 6.07) is -0.563. The standard InChI is InChI=1S/C14H25N3O2S/c1-10(11(18)17(2)3)16-13(19)14(12(15)20)8-6-4-5-7-9-14/h10H,4-9H2,1-3H3,(H2,15,20)(H,16,19). The van der Waals surface area contributed by atoms with E-state index in [1.165, 1.54) is 4.90 Å². The zero-order valence-corrected chi connectivity index (χ0v) is 13.4. The van der Waals surface area contributed by atoms with Crippen molar-refractivity contribution in [2.24, 2.45) is 11.1 Å². The number of hydrogen-bond acceptors (Lipinski definition) is 3. The first-order valence-electron chi connectivity index (χ1n) is 7.13. The van der Waals surface area contributed by atoms with Gasteiger partial charge in [-0.2, -0.15) is 0 Å². The maximum atomic E-state index is 12.6. The van der Waals surface area contributed by atoms with Crippen LogP contribution in [0.25, 0.3) is 0 Å². The molecule has 0 spiro atoms. The lowest BCUT2D eigenvalue weighted by Crippen LogP contribution is -2.54. The topological polar surface area (TPSA) is 75.4 Å². The molecule has 1 saturated carbocycles. The van der Waals surface area contributed by atoms with Gasteiger partial charge >= 0.3 is 0 Å². The van der Waals surface area contributed by atoms with E-state index in [2.05, 4.69) is 5.32 Å². The fraction of sp³-hybridized carbons (Fsp3) is 0.786. The molecule has 0 heterocycles. The Morgan fingerprint density at radius 2 is 1.70 bits per heavy atom. The van der Waals surface area contributed by atoms with E-state index in [1.807, 2.05) is 0 Å². The third-order valence-corrected chi connectivity index (χ3v) is 4.41. The minimum Gasteiger partial charge on any atom is -0.392 e. The highest BCUT2D eigenvalue weighted by atomic mass is 32.1. The molecule has 1 fully saturated rings. The maximum Gasteiger partial charge on any atom is 0.244 e. The molecule has 3 N–H and O–H groups in total. The van der Waals surface area contributed by atoms with Crippen molar-refractivity contribution in [3.8, 4) is 0 Å². The predicted octanol–water partition coefficient (Wildman–Crippen LogP) is 1.21. The van der Waals surface area contributed by atoms with E-state index in [0.717, 1.165) is 25.7 Å². The number of amides is 2. The fourth-order valence-corrected chi connectivity index (χ4v) is 3.00. The molecule has 20 heavy (non-hydrogen) atoms. The second kappa shape index (κ2) is 7.02. The monoisotopic (exact) mass is 299 g/mol. The van der Waals surface area contributed by atoms with Crippen molar-refractivity contribution in [2.45, 2.75) is 51.5 Å². The van der Waals surface area contributed by atoms with E-state index >= 15 is 0 Å². The van der Waals surface area contributed by atoms with Gasteiger partial charge in [-0.1, -0.05) is 37.9 Å². The number of likely N-dealkylation sites (N-methyl/N-ethyl adjacent to an activating group) is 1. The highest BCUT2D eigenvalue weighted by Gasteiger charge is 2.42. The Labute approximate surface area is 126 Å². The molecule has 114 valence electrons. The lowest BCUT2D eigenvalue weighted by Gasteiger charge is -2.31. The van der Waals surface area contributed by atoms with Crippen molar-refractivity contribution < 1.29 is 9.59 Å². The van der Waals surface area contributed by atoms with Gasteiger partial charge in [-0.15, -0.1) is 0 Å². The molecule has 2 amide bonds. The Bertz CT molecular complexity index is 388. The number of hydrogen-bond donors (Lipinski definition) is 2. The summed E-state index contributed by atoms with van der Waals surface area (Å²) in [5.41, 5.74) is 5.07. The van der Waals surface area contributed by atoms with Crippen LogP contribution in [0.2, 0.25) is 0 Å². The second-order valence-corrected chi connectivity index (χ2v) is 6.23. The number of nitrogens with one attached hydrogen (secondary N) is 1. The Kier molecular flexibility index (Phi) is 5.92. The Balaban J connectivity index is 2.84. The summed E-state index contributed by atoms with van der Waals surface area (Å²) in [6.07, 6.45) is 5.45. The average molecular weight is 299 g/mol. The molecule has 1 aliphatic rings. The van der Waals surface area contributed by atoms with E-state index in [9.17, 15) is 9.59 Å². The quantitative estimate of drug-likeness (QED) is 0.604. The molecule has 1 aliphatic carbocycles. The molecule has 0 bridgehead atoms. The third-order valence-electron chi connectivity index (χ3n) is 4.02. The highest BCUT2D eigenvalue weighted by Crippen LogP contribution is 2.35. The Hall–Kier alpha value is -1.17. The third kappa shape index (κ3) is 3.69. The number of carbonyl (C=O) groups is 2. The van der Waals surface area contributed by atoms with E-state index in [1.54, 1.807) is 21.0 Å². The lowest BCUT2D eigenvalue weighted by molar-refractivity contribution is -0.136. The summed E-state index contributed by atoms with van der Waals surface area (Å²) < 4.78 is 0. The smallest absolute Gasteiger partial charge is 0.244 e. The van der Waals surface area contributed by atoms with Crippen LogP contribution in [0, 0.1) is 5.41 Å². The normalized spacial score (nSPS) is 19.6. The molecule has 1 unspecified atom stereocenters. The van der Waals surface area contributed by atoms with Gasteiger partial charge in [0.15, 0.2) is 0 Å². The number of carbonyl (C=O) groups excluding carboxylic acids is 2. The summed E-state index contributed by atoms with van der Waals surface area (Å²) in [5, 5.41) is 2.78. The number of rotatable bonds is 4. The molecule has 1 atom stereocenters. The van der Waals surface area contributed by atoms with Crippen molar-refractivity contribution >= 4 is 29.0 Å². The molecule has 0 aromatic carbocycles. The van der Waals surface area contributed by atoms with Crippen molar-refractivity contribution in [1.82, 2.24) is 10.2 Å². The molecular weight excluding hydrogens is 274 g/mol. The molecule has 0 saturated heterocycles. The van der Waals surface area contributed by atoms with Gasteiger partial charge in [-0.05, 0) is 19.8 Å². The minimum absolute atomic E-state index is 0.134. The van der Waals surface area contributed by atoms with Crippen LogP contribution in [0.3, 0.4) is 0 Å². The van der Waals surface area contributed by atoms with Crippen LogP contribution in [-0.4, -0.2) is 41.8 Å². The van der Waals surface area contributed by atoms with Crippen LogP contribution in [0.1, 0.15) is 45.4 Å². The van der Waals surface area contributed by atoms with Crippen LogP contribution >= 0.6 is 12.2 Å². The first kappa shape index (κ1) is 16.9. The molecule has 0 aliphatic heterocycles. The van der Waals surface area contributed by atoms with Gasteiger partial charge in [0, 0.05) is 14.1 Å². The van der Waals surface area contributed by atoms with Gasteiger partial charge < -0.3 is 16.0 Å². The van der Waals surface area contributed by atoms with Crippen LogP contribution in [-0.2, 0) is 9.59 Å². The zero-order valence-electron chi connectivity index (χ0n) is 12.6. The number of thiocarbonyl (C=S) groups is 1. The van der Waals surface area contributed by atoms with Crippen LogP contribution in [0.5, 0.6) is 0 Å². The van der Waals surface area contributed by atoms with Crippen molar-refractivity contribution in [2.75, 3.05) is 14.1 Å². The molecule has 0 aromatic heterocycles. The molecule has 0 radical (unpaired) electrons. The van der Waals surface area contributed by atoms with E-state index in [4.69, 9.17) is 18.0 Å². The zero-order chi connectivity index (χ0) is 15.3. The van der Waals surface area contributed by atoms with Gasteiger partial charge in [0.05, 0.1) is 10.4 Å². The van der Waals surface area contributed by atoms with Crippen molar-refractivity contribution in [3.63, 3.8) is 0 Å². The van der Waals surface area contributed by atoms with E-state index < -0.39 is 11.5 Å². The number of nitrogens with two attached hydrogens (primary N) is 1. The van der Waals surface area contributed by atoms with Crippen LogP contribution in [0.15, 0.2) is 0 Å². The highest BCUT2D eigenvalue weighted by molar-refractivity contribution is 7.80. The summed E-state index contributed by atoms with van der Waals surface area (Å²) in [5.74, 6) is -0.334. The lowest BCUT2D eigenvalue weighted by atomic mass is 9.79. The van der Waals surface area contributed by atoms with Gasteiger partial charge in [0.25, 0.3) is 0 Å². The van der Waals surface area contributed by atoms with Gasteiger partial charge in [-0.25, -0.2) is 0 Å². The molecular formula is C14H25N3O2S. The average Bonchev–Trinajstić information content (AvgIpc) is 2.63. The van der Waals surface area contributed by atoms with E-state index in [0.29, 0.717) is 12.8 Å².